The highest BCUT2D eigenvalue weighted by atomic mass is 32.2. The molecule has 0 saturated carbocycles. The van der Waals surface area contributed by atoms with Gasteiger partial charge in [-0.15, -0.1) is 0 Å². The highest BCUT2D eigenvalue weighted by Gasteiger charge is 2.35. The van der Waals surface area contributed by atoms with Crippen LogP contribution in [0.15, 0.2) is 76.0 Å². The second kappa shape index (κ2) is 8.05. The van der Waals surface area contributed by atoms with Crippen LogP contribution >= 0.6 is 0 Å². The monoisotopic (exact) mass is 449 g/mol. The average Bonchev–Trinajstić information content (AvgIpc) is 3.34. The van der Waals surface area contributed by atoms with Gasteiger partial charge in [0.1, 0.15) is 17.2 Å². The molecule has 1 fully saturated rings. The van der Waals surface area contributed by atoms with Gasteiger partial charge in [0.15, 0.2) is 0 Å². The van der Waals surface area contributed by atoms with Crippen LogP contribution in [0.1, 0.15) is 17.5 Å². The second-order valence-electron chi connectivity index (χ2n) is 8.00. The largest absolute Gasteiger partial charge is 0.456 e. The number of likely N-dealkylation sites (tertiary alicyclic amines) is 1. The summed E-state index contributed by atoms with van der Waals surface area (Å²) in [7, 11) is -3.88. The molecule has 32 heavy (non-hydrogen) atoms. The molecule has 8 heteroatoms. The number of hydrogen-bond donors (Lipinski definition) is 2. The molecule has 3 N–H and O–H groups in total. The third-order valence-electron chi connectivity index (χ3n) is 5.85. The Labute approximate surface area is 185 Å². The number of amides is 1. The van der Waals surface area contributed by atoms with Crippen molar-refractivity contribution in [3.63, 3.8) is 0 Å². The predicted octanol–water partition coefficient (Wildman–Crippen LogP) is 3.12. The third kappa shape index (κ3) is 3.77. The molecule has 1 atom stereocenters. The molecule has 0 bridgehead atoms. The minimum atomic E-state index is -3.88. The molecule has 0 spiro atoms. The van der Waals surface area contributed by atoms with Gasteiger partial charge in [-0.3, -0.25) is 4.79 Å². The van der Waals surface area contributed by atoms with Crippen molar-refractivity contribution in [2.45, 2.75) is 30.4 Å². The van der Waals surface area contributed by atoms with E-state index in [4.69, 9.17) is 10.2 Å². The quantitative estimate of drug-likeness (QED) is 0.471. The maximum Gasteiger partial charge on any atom is 0.241 e. The van der Waals surface area contributed by atoms with Gasteiger partial charge in [-0.25, -0.2) is 8.42 Å². The van der Waals surface area contributed by atoms with Gasteiger partial charge in [-0.05, 0) is 41.8 Å². The summed E-state index contributed by atoms with van der Waals surface area (Å²) in [5.41, 5.74) is 8.98. The van der Waals surface area contributed by atoms with Crippen LogP contribution in [0.4, 0.5) is 0 Å². The van der Waals surface area contributed by atoms with E-state index in [9.17, 15) is 13.2 Å². The van der Waals surface area contributed by atoms with Crippen molar-refractivity contribution in [3.8, 4) is 0 Å². The normalized spacial score (nSPS) is 17.0. The van der Waals surface area contributed by atoms with Crippen LogP contribution in [0, 0.1) is 0 Å². The predicted molar refractivity (Wildman–Crippen MR) is 122 cm³/mol. The van der Waals surface area contributed by atoms with Gasteiger partial charge in [-0.2, -0.15) is 4.72 Å². The summed E-state index contributed by atoms with van der Waals surface area (Å²) in [5, 5.41) is 1.57. The maximum absolute atomic E-state index is 13.1. The van der Waals surface area contributed by atoms with Gasteiger partial charge >= 0.3 is 0 Å². The molecule has 0 aliphatic carbocycles. The van der Waals surface area contributed by atoms with Crippen LogP contribution < -0.4 is 10.5 Å². The number of sulfonamides is 1. The Morgan fingerprint density at radius 1 is 0.969 bits per heavy atom. The molecule has 5 rings (SSSR count). The van der Waals surface area contributed by atoms with Crippen molar-refractivity contribution < 1.29 is 17.6 Å². The fourth-order valence-corrected chi connectivity index (χ4v) is 5.46. The van der Waals surface area contributed by atoms with Crippen molar-refractivity contribution >= 4 is 37.9 Å². The number of fused-ring (bicyclic) bond motifs is 3. The van der Waals surface area contributed by atoms with Gasteiger partial charge in [0.05, 0.1) is 4.90 Å². The number of carbonyl (C=O) groups excluding carboxylic acids is 1. The zero-order valence-corrected chi connectivity index (χ0v) is 18.1. The number of benzene rings is 3. The van der Waals surface area contributed by atoms with E-state index in [1.165, 1.54) is 6.07 Å². The highest BCUT2D eigenvalue weighted by Crippen LogP contribution is 2.30. The molecule has 164 valence electrons. The topological polar surface area (TPSA) is 106 Å². The van der Waals surface area contributed by atoms with E-state index in [0.29, 0.717) is 37.2 Å². The van der Waals surface area contributed by atoms with E-state index in [1.807, 2.05) is 48.5 Å². The van der Waals surface area contributed by atoms with Gasteiger partial charge in [-0.1, -0.05) is 42.5 Å². The van der Waals surface area contributed by atoms with Gasteiger partial charge < -0.3 is 15.1 Å². The summed E-state index contributed by atoms with van der Waals surface area (Å²) >= 11 is 0. The first-order valence-electron chi connectivity index (χ1n) is 10.4. The fraction of sp³-hybridized carbons (Fsp3) is 0.208. The van der Waals surface area contributed by atoms with Gasteiger partial charge in [0.2, 0.25) is 15.9 Å². The first kappa shape index (κ1) is 20.7. The van der Waals surface area contributed by atoms with Crippen LogP contribution in [0.2, 0.25) is 0 Å². The number of nitrogens with two attached hydrogens (primary N) is 1. The number of nitrogens with one attached hydrogen (secondary N) is 1. The Morgan fingerprint density at radius 2 is 1.75 bits per heavy atom. The van der Waals surface area contributed by atoms with Crippen molar-refractivity contribution in [1.29, 1.82) is 0 Å². The molecule has 1 unspecified atom stereocenters. The second-order valence-corrected chi connectivity index (χ2v) is 9.72. The van der Waals surface area contributed by atoms with Crippen LogP contribution in [-0.4, -0.2) is 31.8 Å². The van der Waals surface area contributed by atoms with Gasteiger partial charge in [0, 0.05) is 30.4 Å². The summed E-state index contributed by atoms with van der Waals surface area (Å²) < 4.78 is 34.5. The number of rotatable bonds is 6. The first-order chi connectivity index (χ1) is 15.4. The number of para-hydroxylation sites is 1. The molecule has 1 saturated heterocycles. The molecule has 1 aromatic heterocycles. The molecule has 1 amide bonds. The third-order valence-corrected chi connectivity index (χ3v) is 7.32. The summed E-state index contributed by atoms with van der Waals surface area (Å²) in [4.78, 5) is 14.7. The molecule has 1 aliphatic rings. The fourth-order valence-electron chi connectivity index (χ4n) is 4.21. The van der Waals surface area contributed by atoms with Crippen molar-refractivity contribution in [2.75, 3.05) is 6.54 Å². The molecule has 0 radical (unpaired) electrons. The lowest BCUT2D eigenvalue weighted by molar-refractivity contribution is -0.129. The number of hydrogen-bond acceptors (Lipinski definition) is 5. The zero-order valence-electron chi connectivity index (χ0n) is 17.3. The maximum atomic E-state index is 13.1. The summed E-state index contributed by atoms with van der Waals surface area (Å²) in [6, 6.07) is 19.2. The number of nitrogens with zero attached hydrogens (tertiary/aromatic N) is 1. The van der Waals surface area contributed by atoms with E-state index < -0.39 is 16.1 Å². The molecule has 1 aliphatic heterocycles. The first-order valence-corrected chi connectivity index (χ1v) is 11.9. The summed E-state index contributed by atoms with van der Waals surface area (Å²) in [5.74, 6) is -0.221. The lowest BCUT2D eigenvalue weighted by Gasteiger charge is -2.18. The molecule has 4 aromatic rings. The van der Waals surface area contributed by atoms with Crippen molar-refractivity contribution in [1.82, 2.24) is 9.62 Å². The number of carbonyl (C=O) groups is 1. The molecule has 2 heterocycles. The Kier molecular flexibility index (Phi) is 5.21. The Balaban J connectivity index is 1.35. The lowest BCUT2D eigenvalue weighted by atomic mass is 10.1. The van der Waals surface area contributed by atoms with E-state index in [1.54, 1.807) is 17.0 Å². The van der Waals surface area contributed by atoms with E-state index in [0.717, 1.165) is 21.9 Å². The van der Waals surface area contributed by atoms with Gasteiger partial charge in [0.25, 0.3) is 0 Å². The van der Waals surface area contributed by atoms with E-state index >= 15 is 0 Å². The lowest BCUT2D eigenvalue weighted by Crippen LogP contribution is -2.41. The average molecular weight is 450 g/mol. The minimum Gasteiger partial charge on any atom is -0.456 e. The van der Waals surface area contributed by atoms with E-state index in [2.05, 4.69) is 4.72 Å². The Morgan fingerprint density at radius 3 is 2.59 bits per heavy atom. The van der Waals surface area contributed by atoms with E-state index in [-0.39, 0.29) is 10.8 Å². The molecule has 3 aromatic carbocycles. The zero-order chi connectivity index (χ0) is 22.3. The molecule has 7 nitrogen and oxygen atoms in total. The number of furan rings is 1. The summed E-state index contributed by atoms with van der Waals surface area (Å²) in [6.07, 6.45) is 0.422. The molecular weight excluding hydrogens is 426 g/mol. The van der Waals surface area contributed by atoms with Crippen LogP contribution in [0.25, 0.3) is 21.9 Å². The summed E-state index contributed by atoms with van der Waals surface area (Å²) in [6.45, 7) is 1.35. The Hall–Kier alpha value is -3.20. The minimum absolute atomic E-state index is 0.110. The standard InChI is InChI=1S/C24H23N3O4S/c25-14-16-4-3-5-17(12-16)15-27-11-10-21(24(27)28)26-32(29,30)18-8-9-23-20(13-18)19-6-1-2-7-22(19)31-23/h1-9,12-13,21,26H,10-11,14-15,25H2. The highest BCUT2D eigenvalue weighted by molar-refractivity contribution is 7.89. The van der Waals surface area contributed by atoms with Crippen LogP contribution in [0.5, 0.6) is 0 Å². The SMILES string of the molecule is NCc1cccc(CN2CCC(NS(=O)(=O)c3ccc4oc5ccccc5c4c3)C2=O)c1. The smallest absolute Gasteiger partial charge is 0.241 e. The van der Waals surface area contributed by atoms with Crippen molar-refractivity contribution in [3.05, 3.63) is 77.9 Å². The van der Waals surface area contributed by atoms with Crippen LogP contribution in [0.3, 0.4) is 0 Å². The molecular formula is C24H23N3O4S. The van der Waals surface area contributed by atoms with Crippen LogP contribution in [-0.2, 0) is 27.9 Å². The van der Waals surface area contributed by atoms with Crippen molar-refractivity contribution in [2.24, 2.45) is 5.73 Å². The Bertz CT molecular complexity index is 1430.